The molecule has 98 valence electrons. The molecule has 0 fully saturated rings. The van der Waals surface area contributed by atoms with Crippen LogP contribution in [0.15, 0.2) is 24.3 Å². The van der Waals surface area contributed by atoms with E-state index in [0.717, 1.165) is 11.1 Å². The molecule has 0 heterocycles. The van der Waals surface area contributed by atoms with E-state index in [1.54, 1.807) is 6.92 Å². The molecule has 0 spiro atoms. The number of aliphatic carboxylic acids is 1. The summed E-state index contributed by atoms with van der Waals surface area (Å²) in [6.45, 7) is 3.74. The van der Waals surface area contributed by atoms with E-state index in [-0.39, 0.29) is 5.91 Å². The van der Waals surface area contributed by atoms with Gasteiger partial charge in [-0.15, -0.1) is 0 Å². The molecule has 4 heteroatoms. The zero-order valence-electron chi connectivity index (χ0n) is 10.8. The molecule has 1 unspecified atom stereocenters. The molecule has 1 atom stereocenters. The Labute approximate surface area is 107 Å². The smallest absolute Gasteiger partial charge is 0.326 e. The Hall–Kier alpha value is -1.84. The predicted molar refractivity (Wildman–Crippen MR) is 69.4 cm³/mol. The van der Waals surface area contributed by atoms with Crippen LogP contribution in [0.3, 0.4) is 0 Å². The van der Waals surface area contributed by atoms with Gasteiger partial charge in [0.05, 0.1) is 0 Å². The van der Waals surface area contributed by atoms with Crippen molar-refractivity contribution in [3.8, 4) is 0 Å². The largest absolute Gasteiger partial charge is 0.480 e. The average molecular weight is 249 g/mol. The summed E-state index contributed by atoms with van der Waals surface area (Å²) in [4.78, 5) is 22.4. The van der Waals surface area contributed by atoms with E-state index in [1.165, 1.54) is 0 Å². The van der Waals surface area contributed by atoms with Gasteiger partial charge in [-0.3, -0.25) is 4.79 Å². The van der Waals surface area contributed by atoms with Crippen molar-refractivity contribution in [3.63, 3.8) is 0 Å². The molecule has 0 aliphatic rings. The zero-order chi connectivity index (χ0) is 13.5. The third-order valence-electron chi connectivity index (χ3n) is 2.92. The first-order chi connectivity index (χ1) is 8.54. The van der Waals surface area contributed by atoms with Crippen LogP contribution in [0.25, 0.3) is 0 Å². The van der Waals surface area contributed by atoms with Gasteiger partial charge in [0, 0.05) is 6.42 Å². The Morgan fingerprint density at radius 3 is 2.56 bits per heavy atom. The first-order valence-corrected chi connectivity index (χ1v) is 6.11. The van der Waals surface area contributed by atoms with Gasteiger partial charge in [0.2, 0.25) is 5.91 Å². The number of carbonyl (C=O) groups is 2. The van der Waals surface area contributed by atoms with Crippen molar-refractivity contribution in [1.29, 1.82) is 0 Å². The standard InChI is InChI=1S/C14H19NO3/c1-3-12(14(17)18)15-13(16)9-8-11-7-5-4-6-10(11)2/h4-7,12H,3,8-9H2,1-2H3,(H,15,16)(H,17,18). The summed E-state index contributed by atoms with van der Waals surface area (Å²) in [5, 5.41) is 11.4. The van der Waals surface area contributed by atoms with E-state index in [9.17, 15) is 9.59 Å². The molecule has 1 amide bonds. The van der Waals surface area contributed by atoms with Gasteiger partial charge < -0.3 is 10.4 Å². The van der Waals surface area contributed by atoms with E-state index in [1.807, 2.05) is 31.2 Å². The highest BCUT2D eigenvalue weighted by molar-refractivity contribution is 5.83. The van der Waals surface area contributed by atoms with E-state index in [2.05, 4.69) is 5.32 Å². The summed E-state index contributed by atoms with van der Waals surface area (Å²) < 4.78 is 0. The fourth-order valence-electron chi connectivity index (χ4n) is 1.74. The highest BCUT2D eigenvalue weighted by atomic mass is 16.4. The summed E-state index contributed by atoms with van der Waals surface area (Å²) in [5.74, 6) is -1.20. The lowest BCUT2D eigenvalue weighted by molar-refractivity contribution is -0.141. The van der Waals surface area contributed by atoms with E-state index in [4.69, 9.17) is 5.11 Å². The molecule has 0 aliphatic carbocycles. The number of benzene rings is 1. The third kappa shape index (κ3) is 4.20. The van der Waals surface area contributed by atoms with Crippen molar-refractivity contribution >= 4 is 11.9 Å². The lowest BCUT2D eigenvalue weighted by Crippen LogP contribution is -2.40. The zero-order valence-corrected chi connectivity index (χ0v) is 10.8. The number of amides is 1. The van der Waals surface area contributed by atoms with Crippen LogP contribution in [0.1, 0.15) is 30.9 Å². The fourth-order valence-corrected chi connectivity index (χ4v) is 1.74. The summed E-state index contributed by atoms with van der Waals surface area (Å²) >= 11 is 0. The maximum Gasteiger partial charge on any atom is 0.326 e. The van der Waals surface area contributed by atoms with E-state index >= 15 is 0 Å². The molecule has 0 aliphatic heterocycles. The summed E-state index contributed by atoms with van der Waals surface area (Å²) in [6.07, 6.45) is 1.34. The minimum Gasteiger partial charge on any atom is -0.480 e. The van der Waals surface area contributed by atoms with E-state index in [0.29, 0.717) is 19.3 Å². The average Bonchev–Trinajstić information content (AvgIpc) is 2.34. The molecule has 4 nitrogen and oxygen atoms in total. The highest BCUT2D eigenvalue weighted by Gasteiger charge is 2.17. The molecule has 1 rings (SSSR count). The summed E-state index contributed by atoms with van der Waals surface area (Å²) in [7, 11) is 0. The number of carboxylic acids is 1. The van der Waals surface area contributed by atoms with Gasteiger partial charge >= 0.3 is 5.97 Å². The second-order valence-electron chi connectivity index (χ2n) is 4.29. The predicted octanol–water partition coefficient (Wildman–Crippen LogP) is 1.91. The van der Waals surface area contributed by atoms with Crippen LogP contribution >= 0.6 is 0 Å². The monoisotopic (exact) mass is 249 g/mol. The van der Waals surface area contributed by atoms with Crippen LogP contribution in [0.4, 0.5) is 0 Å². The first kappa shape index (κ1) is 14.2. The maximum atomic E-state index is 11.6. The van der Waals surface area contributed by atoms with Gasteiger partial charge in [-0.1, -0.05) is 31.2 Å². The molecule has 1 aromatic carbocycles. The third-order valence-corrected chi connectivity index (χ3v) is 2.92. The minimum atomic E-state index is -0.984. The quantitative estimate of drug-likeness (QED) is 0.809. The molecule has 0 radical (unpaired) electrons. The molecular formula is C14H19NO3. The van der Waals surface area contributed by atoms with Gasteiger partial charge in [0.1, 0.15) is 6.04 Å². The summed E-state index contributed by atoms with van der Waals surface area (Å²) in [5.41, 5.74) is 2.27. The van der Waals surface area contributed by atoms with Gasteiger partial charge in [-0.25, -0.2) is 4.79 Å². The van der Waals surface area contributed by atoms with Gasteiger partial charge in [0.15, 0.2) is 0 Å². The number of rotatable bonds is 6. The van der Waals surface area contributed by atoms with Crippen LogP contribution in [0.5, 0.6) is 0 Å². The molecular weight excluding hydrogens is 230 g/mol. The number of hydrogen-bond acceptors (Lipinski definition) is 2. The Kier molecular flexibility index (Phi) is 5.36. The minimum absolute atomic E-state index is 0.215. The van der Waals surface area contributed by atoms with Crippen LogP contribution < -0.4 is 5.32 Å². The van der Waals surface area contributed by atoms with Crippen LogP contribution in [-0.4, -0.2) is 23.0 Å². The molecule has 1 aromatic rings. The lowest BCUT2D eigenvalue weighted by atomic mass is 10.0. The van der Waals surface area contributed by atoms with Crippen molar-refractivity contribution in [2.75, 3.05) is 0 Å². The second kappa shape index (κ2) is 6.79. The Bertz CT molecular complexity index is 429. The van der Waals surface area contributed by atoms with Gasteiger partial charge in [0.25, 0.3) is 0 Å². The van der Waals surface area contributed by atoms with Gasteiger partial charge in [-0.05, 0) is 30.9 Å². The van der Waals surface area contributed by atoms with Crippen molar-refractivity contribution in [2.24, 2.45) is 0 Å². The SMILES string of the molecule is CCC(NC(=O)CCc1ccccc1C)C(=O)O. The molecule has 0 bridgehead atoms. The Balaban J connectivity index is 2.47. The normalized spacial score (nSPS) is 11.9. The number of aryl methyl sites for hydroxylation is 2. The van der Waals surface area contributed by atoms with Gasteiger partial charge in [-0.2, -0.15) is 0 Å². The van der Waals surface area contributed by atoms with E-state index < -0.39 is 12.0 Å². The number of nitrogens with one attached hydrogen (secondary N) is 1. The Morgan fingerprint density at radius 1 is 1.33 bits per heavy atom. The van der Waals surface area contributed by atoms with Crippen molar-refractivity contribution in [3.05, 3.63) is 35.4 Å². The molecule has 0 saturated carbocycles. The van der Waals surface area contributed by atoms with Crippen molar-refractivity contribution in [1.82, 2.24) is 5.32 Å². The molecule has 0 aromatic heterocycles. The number of hydrogen-bond donors (Lipinski definition) is 2. The second-order valence-corrected chi connectivity index (χ2v) is 4.29. The van der Waals surface area contributed by atoms with Crippen LogP contribution in [0, 0.1) is 6.92 Å². The lowest BCUT2D eigenvalue weighted by Gasteiger charge is -2.12. The Morgan fingerprint density at radius 2 is 2.00 bits per heavy atom. The molecule has 18 heavy (non-hydrogen) atoms. The van der Waals surface area contributed by atoms with Crippen LogP contribution in [0.2, 0.25) is 0 Å². The van der Waals surface area contributed by atoms with Crippen molar-refractivity contribution < 1.29 is 14.7 Å². The van der Waals surface area contributed by atoms with Crippen molar-refractivity contribution in [2.45, 2.75) is 39.2 Å². The van der Waals surface area contributed by atoms with Crippen LogP contribution in [-0.2, 0) is 16.0 Å². The molecule has 0 saturated heterocycles. The molecule has 2 N–H and O–H groups in total. The maximum absolute atomic E-state index is 11.6. The number of carboxylic acid groups (broad SMARTS) is 1. The first-order valence-electron chi connectivity index (χ1n) is 6.11. The highest BCUT2D eigenvalue weighted by Crippen LogP contribution is 2.09. The summed E-state index contributed by atoms with van der Waals surface area (Å²) in [6, 6.07) is 7.09. The number of carbonyl (C=O) groups excluding carboxylic acids is 1. The topological polar surface area (TPSA) is 66.4 Å². The fraction of sp³-hybridized carbons (Fsp3) is 0.429.